The standard InChI is InChI=1S/C22H20N8O4S/c31-18-10-29(6-5-23-18)21(33)16-4-3-15(35-16)13-8-17(25-12-1-2-12)30-19(26-13)11(9-24-30)7-14-20(32)28-22(34)27-14/h3-4,7-9,12,32H,1-2,5-6,10H2,(H,23,31)(H2,27,28,34). The number of H-pyrrole nitrogens is 2. The number of carbonyl (C=O) groups excluding carboxylic acids is 2. The fourth-order valence-corrected chi connectivity index (χ4v) is 4.82. The molecule has 0 bridgehead atoms. The Kier molecular flexibility index (Phi) is 4.99. The maximum Gasteiger partial charge on any atom is 0.326 e. The lowest BCUT2D eigenvalue weighted by Crippen LogP contribution is -2.49. The summed E-state index contributed by atoms with van der Waals surface area (Å²) >= 11 is 1.30. The number of aromatic amines is 2. The van der Waals surface area contributed by atoms with Crippen LogP contribution in [-0.2, 0) is 4.79 Å². The smallest absolute Gasteiger partial charge is 0.326 e. The molecule has 178 valence electrons. The van der Waals surface area contributed by atoms with Crippen molar-refractivity contribution in [3.63, 3.8) is 0 Å². The first-order chi connectivity index (χ1) is 16.9. The SMILES string of the molecule is O=C1CN(C(=O)c2ccc(-c3cc(=NC4CC4)n4ncc(=Cc5[nH]c(=O)[nH]c5O)c4n3)s2)CCN1. The summed E-state index contributed by atoms with van der Waals surface area (Å²) in [6.07, 6.45) is 5.20. The van der Waals surface area contributed by atoms with Gasteiger partial charge in [0, 0.05) is 24.4 Å². The van der Waals surface area contributed by atoms with Crippen LogP contribution in [0.1, 0.15) is 28.2 Å². The number of hydrogen-bond acceptors (Lipinski definition) is 8. The van der Waals surface area contributed by atoms with Crippen molar-refractivity contribution in [2.45, 2.75) is 18.9 Å². The van der Waals surface area contributed by atoms with E-state index in [1.54, 1.807) is 22.9 Å². The number of nitrogens with zero attached hydrogens (tertiary/aromatic N) is 5. The highest BCUT2D eigenvalue weighted by Crippen LogP contribution is 2.28. The molecule has 35 heavy (non-hydrogen) atoms. The van der Waals surface area contributed by atoms with Gasteiger partial charge < -0.3 is 20.3 Å². The Morgan fingerprint density at radius 1 is 1.26 bits per heavy atom. The summed E-state index contributed by atoms with van der Waals surface area (Å²) < 4.78 is 1.63. The highest BCUT2D eigenvalue weighted by molar-refractivity contribution is 7.17. The van der Waals surface area contributed by atoms with E-state index < -0.39 is 5.69 Å². The third-order valence-corrected chi connectivity index (χ3v) is 6.87. The van der Waals surface area contributed by atoms with Gasteiger partial charge in [-0.1, -0.05) is 0 Å². The molecule has 2 aliphatic rings. The molecule has 0 unspecified atom stereocenters. The van der Waals surface area contributed by atoms with Gasteiger partial charge in [-0.2, -0.15) is 9.61 Å². The van der Waals surface area contributed by atoms with E-state index in [4.69, 9.17) is 9.98 Å². The number of imidazole rings is 1. The largest absolute Gasteiger partial charge is 0.493 e. The van der Waals surface area contributed by atoms with Crippen molar-refractivity contribution in [1.82, 2.24) is 34.8 Å². The van der Waals surface area contributed by atoms with Gasteiger partial charge in [0.2, 0.25) is 11.8 Å². The highest BCUT2D eigenvalue weighted by atomic mass is 32.1. The van der Waals surface area contributed by atoms with Crippen LogP contribution in [0.25, 0.3) is 22.3 Å². The van der Waals surface area contributed by atoms with Crippen molar-refractivity contribution in [2.75, 3.05) is 19.6 Å². The molecule has 5 heterocycles. The van der Waals surface area contributed by atoms with E-state index >= 15 is 0 Å². The minimum absolute atomic E-state index is 0.0454. The molecule has 4 aromatic rings. The van der Waals surface area contributed by atoms with Crippen molar-refractivity contribution in [2.24, 2.45) is 4.99 Å². The Morgan fingerprint density at radius 2 is 2.11 bits per heavy atom. The van der Waals surface area contributed by atoms with Crippen LogP contribution in [0, 0.1) is 0 Å². The molecule has 2 fully saturated rings. The number of thiophene rings is 1. The van der Waals surface area contributed by atoms with Crippen LogP contribution in [0.5, 0.6) is 5.88 Å². The first-order valence-electron chi connectivity index (χ1n) is 11.1. The number of aromatic nitrogens is 5. The van der Waals surface area contributed by atoms with Gasteiger partial charge in [0.15, 0.2) is 11.1 Å². The number of fused-ring (bicyclic) bond motifs is 1. The van der Waals surface area contributed by atoms with E-state index in [1.165, 1.54) is 16.2 Å². The number of hydrogen-bond donors (Lipinski definition) is 4. The minimum atomic E-state index is -0.523. The molecule has 0 aromatic carbocycles. The quantitative estimate of drug-likeness (QED) is 0.296. The molecule has 0 radical (unpaired) electrons. The van der Waals surface area contributed by atoms with Gasteiger partial charge >= 0.3 is 5.69 Å². The maximum absolute atomic E-state index is 12.9. The summed E-state index contributed by atoms with van der Waals surface area (Å²) in [7, 11) is 0. The molecule has 13 heteroatoms. The summed E-state index contributed by atoms with van der Waals surface area (Å²) in [4.78, 5) is 53.3. The predicted molar refractivity (Wildman–Crippen MR) is 126 cm³/mol. The second kappa shape index (κ2) is 8.20. The zero-order chi connectivity index (χ0) is 24.1. The van der Waals surface area contributed by atoms with E-state index in [1.807, 2.05) is 12.1 Å². The van der Waals surface area contributed by atoms with Crippen LogP contribution in [-0.4, -0.2) is 72.1 Å². The van der Waals surface area contributed by atoms with Gasteiger partial charge in [0.05, 0.1) is 34.2 Å². The highest BCUT2D eigenvalue weighted by Gasteiger charge is 2.24. The Bertz CT molecular complexity index is 1660. The molecule has 2 amide bonds. The zero-order valence-electron chi connectivity index (χ0n) is 18.3. The normalized spacial score (nSPS) is 17.4. The third kappa shape index (κ3) is 4.10. The molecule has 6 rings (SSSR count). The van der Waals surface area contributed by atoms with E-state index in [0.717, 1.165) is 17.7 Å². The van der Waals surface area contributed by atoms with Gasteiger partial charge in [-0.15, -0.1) is 11.3 Å². The molecule has 12 nitrogen and oxygen atoms in total. The Balaban J connectivity index is 1.44. The summed E-state index contributed by atoms with van der Waals surface area (Å²) in [5.41, 5.74) is 1.45. The van der Waals surface area contributed by atoms with E-state index in [9.17, 15) is 19.5 Å². The molecular formula is C22H20N8O4S. The molecule has 1 aliphatic carbocycles. The monoisotopic (exact) mass is 492 g/mol. The summed E-state index contributed by atoms with van der Waals surface area (Å²) in [6, 6.07) is 5.65. The fraction of sp³-hybridized carbons (Fsp3) is 0.273. The zero-order valence-corrected chi connectivity index (χ0v) is 19.1. The second-order valence-electron chi connectivity index (χ2n) is 8.42. The van der Waals surface area contributed by atoms with Crippen LogP contribution >= 0.6 is 11.3 Å². The number of amides is 2. The first kappa shape index (κ1) is 21.3. The lowest BCUT2D eigenvalue weighted by atomic mass is 10.3. The van der Waals surface area contributed by atoms with Gasteiger partial charge in [-0.25, -0.2) is 9.78 Å². The van der Waals surface area contributed by atoms with Crippen LogP contribution in [0.15, 0.2) is 34.2 Å². The van der Waals surface area contributed by atoms with Crippen molar-refractivity contribution in [3.8, 4) is 16.5 Å². The van der Waals surface area contributed by atoms with Crippen molar-refractivity contribution in [3.05, 3.63) is 56.2 Å². The molecule has 4 N–H and O–H groups in total. The van der Waals surface area contributed by atoms with Crippen LogP contribution < -0.4 is 21.7 Å². The molecule has 1 aliphatic heterocycles. The van der Waals surface area contributed by atoms with Crippen LogP contribution in [0.3, 0.4) is 0 Å². The predicted octanol–water partition coefficient (Wildman–Crippen LogP) is -0.637. The number of aromatic hydroxyl groups is 1. The molecule has 0 spiro atoms. The van der Waals surface area contributed by atoms with Gasteiger partial charge in [0.25, 0.3) is 5.91 Å². The number of nitrogens with one attached hydrogen (secondary N) is 3. The van der Waals surface area contributed by atoms with Gasteiger partial charge in [-0.05, 0) is 31.1 Å². The van der Waals surface area contributed by atoms with E-state index in [0.29, 0.717) is 40.0 Å². The average Bonchev–Trinajstić information content (AvgIpc) is 3.22. The second-order valence-corrected chi connectivity index (χ2v) is 9.51. The maximum atomic E-state index is 12.9. The minimum Gasteiger partial charge on any atom is -0.493 e. The van der Waals surface area contributed by atoms with E-state index in [-0.39, 0.29) is 36.0 Å². The average molecular weight is 493 g/mol. The summed E-state index contributed by atoms with van der Waals surface area (Å²) in [5.74, 6) is -0.634. The molecule has 4 aromatic heterocycles. The Labute approximate surface area is 200 Å². The third-order valence-electron chi connectivity index (χ3n) is 5.77. The first-order valence-corrected chi connectivity index (χ1v) is 11.9. The fourth-order valence-electron chi connectivity index (χ4n) is 3.88. The Morgan fingerprint density at radius 3 is 2.86 bits per heavy atom. The lowest BCUT2D eigenvalue weighted by molar-refractivity contribution is -0.123. The van der Waals surface area contributed by atoms with Gasteiger partial charge in [0.1, 0.15) is 5.69 Å². The molecular weight excluding hydrogens is 472 g/mol. The van der Waals surface area contributed by atoms with Crippen molar-refractivity contribution >= 4 is 34.9 Å². The number of carbonyl (C=O) groups is 2. The van der Waals surface area contributed by atoms with Crippen LogP contribution in [0.4, 0.5) is 0 Å². The molecule has 1 saturated heterocycles. The number of piperazine rings is 1. The van der Waals surface area contributed by atoms with Gasteiger partial charge in [-0.3, -0.25) is 19.6 Å². The Hall–Kier alpha value is -4.26. The number of rotatable bonds is 4. The molecule has 1 saturated carbocycles. The summed E-state index contributed by atoms with van der Waals surface area (Å²) in [5, 5.41) is 17.7. The van der Waals surface area contributed by atoms with E-state index in [2.05, 4.69) is 20.4 Å². The van der Waals surface area contributed by atoms with Crippen LogP contribution in [0.2, 0.25) is 0 Å². The topological polar surface area (TPSA) is 161 Å². The summed E-state index contributed by atoms with van der Waals surface area (Å²) in [6.45, 7) is 0.953. The van der Waals surface area contributed by atoms with Crippen molar-refractivity contribution in [1.29, 1.82) is 0 Å². The lowest BCUT2D eigenvalue weighted by Gasteiger charge is -2.26. The molecule has 0 atom stereocenters. The van der Waals surface area contributed by atoms with Crippen molar-refractivity contribution < 1.29 is 14.7 Å².